The molecule has 200 valence electrons. The van der Waals surface area contributed by atoms with Gasteiger partial charge in [-0.05, 0) is 92.9 Å². The average Bonchev–Trinajstić information content (AvgIpc) is 3.35. The summed E-state index contributed by atoms with van der Waals surface area (Å²) >= 11 is 0. The number of pyridine rings is 1. The smallest absolute Gasteiger partial charge is 0.338 e. The molecule has 1 aromatic heterocycles. The average molecular weight is 535 g/mol. The second-order valence-electron chi connectivity index (χ2n) is 10.0. The number of hydrogen-bond donors (Lipinski definition) is 3. The lowest BCUT2D eigenvalue weighted by Crippen LogP contribution is -2.31. The van der Waals surface area contributed by atoms with Crippen LogP contribution in [0.1, 0.15) is 59.3 Å². The molecule has 3 aromatic rings. The molecule has 1 aliphatic heterocycles. The van der Waals surface area contributed by atoms with E-state index in [1.807, 2.05) is 30.5 Å². The first-order valence-corrected chi connectivity index (χ1v) is 14.8. The predicted molar refractivity (Wildman–Crippen MR) is 148 cm³/mol. The summed E-state index contributed by atoms with van der Waals surface area (Å²) in [6, 6.07) is 16.6. The van der Waals surface area contributed by atoms with Crippen molar-refractivity contribution in [2.24, 2.45) is 0 Å². The van der Waals surface area contributed by atoms with Gasteiger partial charge in [-0.15, -0.1) is 0 Å². The third-order valence-electron chi connectivity index (χ3n) is 7.55. The number of likely N-dealkylation sites (tertiary alicyclic amines) is 1. The van der Waals surface area contributed by atoms with Crippen LogP contribution in [-0.4, -0.2) is 48.5 Å². The number of aromatic carboxylic acids is 1. The fourth-order valence-electron chi connectivity index (χ4n) is 5.71. The highest BCUT2D eigenvalue weighted by Gasteiger charge is 2.27. The van der Waals surface area contributed by atoms with E-state index in [9.17, 15) is 18.3 Å². The minimum Gasteiger partial charge on any atom is -0.478 e. The first-order valence-electron chi connectivity index (χ1n) is 13.3. The highest BCUT2D eigenvalue weighted by molar-refractivity contribution is 7.92. The Hall–Kier alpha value is -3.43. The van der Waals surface area contributed by atoms with E-state index < -0.39 is 16.0 Å². The van der Waals surface area contributed by atoms with E-state index in [4.69, 9.17) is 0 Å². The van der Waals surface area contributed by atoms with Gasteiger partial charge < -0.3 is 10.4 Å². The normalized spacial score (nSPS) is 17.6. The molecule has 1 saturated heterocycles. The van der Waals surface area contributed by atoms with Gasteiger partial charge in [0.1, 0.15) is 4.90 Å². The van der Waals surface area contributed by atoms with Crippen LogP contribution in [0.5, 0.6) is 0 Å². The first-order chi connectivity index (χ1) is 18.4. The van der Waals surface area contributed by atoms with Gasteiger partial charge >= 0.3 is 5.97 Å². The van der Waals surface area contributed by atoms with E-state index in [-0.39, 0.29) is 16.1 Å². The van der Waals surface area contributed by atoms with Crippen LogP contribution in [0.2, 0.25) is 0 Å². The molecule has 1 fully saturated rings. The summed E-state index contributed by atoms with van der Waals surface area (Å²) < 4.78 is 29.5. The summed E-state index contributed by atoms with van der Waals surface area (Å²) in [5.41, 5.74) is 3.46. The van der Waals surface area contributed by atoms with Gasteiger partial charge in [-0.2, -0.15) is 0 Å². The monoisotopic (exact) mass is 534 g/mol. The summed E-state index contributed by atoms with van der Waals surface area (Å²) in [5, 5.41) is 13.2. The van der Waals surface area contributed by atoms with Gasteiger partial charge in [0.05, 0.1) is 22.6 Å². The number of nitrogens with one attached hydrogen (secondary N) is 2. The largest absolute Gasteiger partial charge is 0.478 e. The zero-order valence-electron chi connectivity index (χ0n) is 21.4. The van der Waals surface area contributed by atoms with Gasteiger partial charge in [0.25, 0.3) is 10.0 Å². The number of aryl methyl sites for hydroxylation is 1. The molecular formula is C29H34N4O4S. The Kier molecular flexibility index (Phi) is 7.95. The third kappa shape index (κ3) is 5.84. The molecule has 3 N–H and O–H groups in total. The molecule has 0 spiro atoms. The van der Waals surface area contributed by atoms with Crippen molar-refractivity contribution in [1.82, 2.24) is 9.88 Å². The van der Waals surface area contributed by atoms with E-state index in [0.29, 0.717) is 24.7 Å². The topological polar surface area (TPSA) is 112 Å². The van der Waals surface area contributed by atoms with Gasteiger partial charge in [0.2, 0.25) is 0 Å². The van der Waals surface area contributed by atoms with Crippen molar-refractivity contribution in [3.63, 3.8) is 0 Å². The van der Waals surface area contributed by atoms with Crippen LogP contribution < -0.4 is 10.0 Å². The van der Waals surface area contributed by atoms with Crippen molar-refractivity contribution < 1.29 is 18.3 Å². The zero-order valence-corrected chi connectivity index (χ0v) is 22.2. The maximum Gasteiger partial charge on any atom is 0.338 e. The number of carboxylic acids is 1. The summed E-state index contributed by atoms with van der Waals surface area (Å²) in [6.45, 7) is 2.46. The molecule has 2 aliphatic rings. The number of aromatic nitrogens is 1. The summed E-state index contributed by atoms with van der Waals surface area (Å²) in [4.78, 5) is 19.1. The fourth-order valence-corrected chi connectivity index (χ4v) is 6.96. The number of carboxylic acid groups (broad SMARTS) is 1. The van der Waals surface area contributed by atoms with Crippen molar-refractivity contribution in [2.45, 2.75) is 62.4 Å². The van der Waals surface area contributed by atoms with Crippen molar-refractivity contribution in [3.8, 4) is 0 Å². The minimum atomic E-state index is -4.02. The Morgan fingerprint density at radius 3 is 2.63 bits per heavy atom. The second kappa shape index (κ2) is 11.5. The van der Waals surface area contributed by atoms with E-state index in [2.05, 4.69) is 19.9 Å². The molecular weight excluding hydrogens is 500 g/mol. The standard InChI is InChI=1S/C29H34N4O4S/c34-29(35)28-24-11-2-1-8-21(24)14-15-26(28)32-38(36,37)27-13-4-3-12-25(27)31-18-16-23-10-7-19-33(23)20-22-9-5-6-17-30-22/h3-6,9,12-15,17,23,31-32H,1-2,7-8,10-11,16,18-20H2,(H,34,35)/t23-/m0/s1. The van der Waals surface area contributed by atoms with Crippen LogP contribution in [0.3, 0.4) is 0 Å². The summed E-state index contributed by atoms with van der Waals surface area (Å²) in [5.74, 6) is -1.11. The highest BCUT2D eigenvalue weighted by atomic mass is 32.2. The SMILES string of the molecule is O=C(O)c1c(NS(=O)(=O)c2ccccc2NCC[C@@H]2CCCN2Cc2ccccn2)ccc2c1CCCC2. The molecule has 9 heteroatoms. The summed E-state index contributed by atoms with van der Waals surface area (Å²) in [6.07, 6.45) is 8.30. The maximum atomic E-state index is 13.5. The number of para-hydroxylation sites is 1. The Labute approximate surface area is 224 Å². The van der Waals surface area contributed by atoms with E-state index in [1.54, 1.807) is 30.3 Å². The quantitative estimate of drug-likeness (QED) is 0.338. The number of benzene rings is 2. The molecule has 0 amide bonds. The number of anilines is 2. The first kappa shape index (κ1) is 26.2. The lowest BCUT2D eigenvalue weighted by Gasteiger charge is -2.24. The number of rotatable bonds is 10. The van der Waals surface area contributed by atoms with Crippen LogP contribution in [0, 0.1) is 0 Å². The molecule has 2 aromatic carbocycles. The van der Waals surface area contributed by atoms with Gasteiger partial charge in [0, 0.05) is 25.3 Å². The molecule has 8 nitrogen and oxygen atoms in total. The molecule has 0 bridgehead atoms. The molecule has 1 atom stereocenters. The number of nitrogens with zero attached hydrogens (tertiary/aromatic N) is 2. The zero-order chi connectivity index (χ0) is 26.5. The van der Waals surface area contributed by atoms with Crippen LogP contribution in [0.4, 0.5) is 11.4 Å². The Balaban J connectivity index is 1.29. The molecule has 1 aliphatic carbocycles. The van der Waals surface area contributed by atoms with Crippen molar-refractivity contribution in [3.05, 3.63) is 83.2 Å². The highest BCUT2D eigenvalue weighted by Crippen LogP contribution is 2.32. The molecule has 0 unspecified atom stereocenters. The Bertz CT molecular complexity index is 1390. The predicted octanol–water partition coefficient (Wildman–Crippen LogP) is 4.93. The van der Waals surface area contributed by atoms with Crippen molar-refractivity contribution in [2.75, 3.05) is 23.1 Å². The minimum absolute atomic E-state index is 0.0606. The molecule has 0 radical (unpaired) electrons. The van der Waals surface area contributed by atoms with Crippen LogP contribution in [0.15, 0.2) is 65.7 Å². The van der Waals surface area contributed by atoms with Gasteiger partial charge in [-0.1, -0.05) is 24.3 Å². The molecule has 38 heavy (non-hydrogen) atoms. The van der Waals surface area contributed by atoms with Crippen molar-refractivity contribution in [1.29, 1.82) is 0 Å². The lowest BCUT2D eigenvalue weighted by molar-refractivity contribution is 0.0696. The third-order valence-corrected chi connectivity index (χ3v) is 8.97. The second-order valence-corrected chi connectivity index (χ2v) is 11.7. The van der Waals surface area contributed by atoms with Gasteiger partial charge in [0.15, 0.2) is 0 Å². The fraction of sp³-hybridized carbons (Fsp3) is 0.379. The number of sulfonamides is 1. The van der Waals surface area contributed by atoms with Crippen LogP contribution in [-0.2, 0) is 29.4 Å². The number of fused-ring (bicyclic) bond motifs is 1. The van der Waals surface area contributed by atoms with E-state index in [0.717, 1.165) is 68.4 Å². The maximum absolute atomic E-state index is 13.5. The lowest BCUT2D eigenvalue weighted by atomic mass is 9.87. The van der Waals surface area contributed by atoms with Gasteiger partial charge in [-0.3, -0.25) is 14.6 Å². The Morgan fingerprint density at radius 2 is 1.82 bits per heavy atom. The molecule has 5 rings (SSSR count). The van der Waals surface area contributed by atoms with E-state index >= 15 is 0 Å². The molecule has 2 heterocycles. The molecule has 0 saturated carbocycles. The van der Waals surface area contributed by atoms with E-state index in [1.165, 1.54) is 0 Å². The van der Waals surface area contributed by atoms with Crippen LogP contribution in [0.25, 0.3) is 0 Å². The number of carbonyl (C=O) groups is 1. The van der Waals surface area contributed by atoms with Gasteiger partial charge in [-0.25, -0.2) is 13.2 Å². The Morgan fingerprint density at radius 1 is 1.00 bits per heavy atom. The van der Waals surface area contributed by atoms with Crippen LogP contribution >= 0.6 is 0 Å². The van der Waals surface area contributed by atoms with Crippen molar-refractivity contribution >= 4 is 27.4 Å². The summed E-state index contributed by atoms with van der Waals surface area (Å²) in [7, 11) is -4.02. The number of hydrogen-bond acceptors (Lipinski definition) is 6.